The lowest BCUT2D eigenvalue weighted by Gasteiger charge is -2.15. The molecule has 0 fully saturated rings. The van der Waals surface area contributed by atoms with Gasteiger partial charge in [0, 0.05) is 11.4 Å². The number of benzene rings is 1. The van der Waals surface area contributed by atoms with Crippen molar-refractivity contribution >= 4 is 17.3 Å². The lowest BCUT2D eigenvalue weighted by molar-refractivity contribution is -0.117. The number of carbonyl (C=O) groups is 1. The van der Waals surface area contributed by atoms with Crippen LogP contribution in [0.25, 0.3) is 0 Å². The van der Waals surface area contributed by atoms with Crippen LogP contribution in [0.4, 0.5) is 11.4 Å². The van der Waals surface area contributed by atoms with E-state index in [1.807, 2.05) is 31.0 Å². The summed E-state index contributed by atoms with van der Waals surface area (Å²) in [5.74, 6) is -0.00495. The van der Waals surface area contributed by atoms with E-state index in [1.165, 1.54) is 0 Å². The Morgan fingerprint density at radius 3 is 2.82 bits per heavy atom. The largest absolute Gasteiger partial charge is 0.399 e. The van der Waals surface area contributed by atoms with Gasteiger partial charge in [-0.25, -0.2) is 0 Å². The molecular weight excluding hydrogens is 214 g/mol. The van der Waals surface area contributed by atoms with Crippen molar-refractivity contribution < 1.29 is 4.79 Å². The maximum absolute atomic E-state index is 11.8. The number of carbonyl (C=O) groups excluding carboxylic acids is 1. The molecule has 17 heavy (non-hydrogen) atoms. The van der Waals surface area contributed by atoms with Gasteiger partial charge in [0.1, 0.15) is 0 Å². The number of nitrogen functional groups attached to an aromatic ring is 1. The minimum atomic E-state index is -0.00495. The summed E-state index contributed by atoms with van der Waals surface area (Å²) in [6.45, 7) is 5.37. The van der Waals surface area contributed by atoms with Gasteiger partial charge in [-0.2, -0.15) is 0 Å². The van der Waals surface area contributed by atoms with E-state index in [-0.39, 0.29) is 5.91 Å². The molecule has 1 rings (SSSR count). The fourth-order valence-electron chi connectivity index (χ4n) is 1.67. The number of hydrogen-bond acceptors (Lipinski definition) is 3. The molecule has 1 aromatic rings. The molecule has 94 valence electrons. The monoisotopic (exact) mass is 235 g/mol. The number of rotatable bonds is 5. The number of nitrogens with zero attached hydrogens (tertiary/aromatic N) is 1. The fraction of sp³-hybridized carbons (Fsp3) is 0.462. The number of amides is 1. The van der Waals surface area contributed by atoms with E-state index in [1.54, 1.807) is 6.07 Å². The average Bonchev–Trinajstić information content (AvgIpc) is 2.23. The van der Waals surface area contributed by atoms with Gasteiger partial charge in [0.15, 0.2) is 0 Å². The first-order chi connectivity index (χ1) is 8.02. The number of aryl methyl sites for hydroxylation is 1. The topological polar surface area (TPSA) is 58.4 Å². The van der Waals surface area contributed by atoms with Gasteiger partial charge in [0.25, 0.3) is 0 Å². The molecule has 0 heterocycles. The third kappa shape index (κ3) is 4.44. The van der Waals surface area contributed by atoms with Gasteiger partial charge in [-0.3, -0.25) is 9.69 Å². The first-order valence-electron chi connectivity index (χ1n) is 5.87. The number of nitrogens with two attached hydrogens (primary N) is 1. The Kier molecular flexibility index (Phi) is 4.97. The molecule has 0 atom stereocenters. The van der Waals surface area contributed by atoms with Gasteiger partial charge in [-0.15, -0.1) is 0 Å². The summed E-state index contributed by atoms with van der Waals surface area (Å²) >= 11 is 0. The van der Waals surface area contributed by atoms with Gasteiger partial charge < -0.3 is 11.1 Å². The molecule has 0 spiro atoms. The normalized spacial score (nSPS) is 10.6. The number of likely N-dealkylation sites (N-methyl/N-ethyl adjacent to an activating group) is 1. The Morgan fingerprint density at radius 2 is 2.18 bits per heavy atom. The van der Waals surface area contributed by atoms with Crippen LogP contribution in [0, 0.1) is 6.92 Å². The van der Waals surface area contributed by atoms with Crippen molar-refractivity contribution in [3.8, 4) is 0 Å². The van der Waals surface area contributed by atoms with E-state index >= 15 is 0 Å². The van der Waals surface area contributed by atoms with Crippen molar-refractivity contribution in [1.29, 1.82) is 0 Å². The second-order valence-corrected chi connectivity index (χ2v) is 4.36. The van der Waals surface area contributed by atoms with E-state index < -0.39 is 0 Å². The smallest absolute Gasteiger partial charge is 0.238 e. The lowest BCUT2D eigenvalue weighted by Crippen LogP contribution is -2.30. The van der Waals surface area contributed by atoms with E-state index in [4.69, 9.17) is 5.73 Å². The predicted molar refractivity (Wildman–Crippen MR) is 72.0 cm³/mol. The van der Waals surface area contributed by atoms with Gasteiger partial charge >= 0.3 is 0 Å². The molecule has 0 radical (unpaired) electrons. The summed E-state index contributed by atoms with van der Waals surface area (Å²) in [6, 6.07) is 5.52. The maximum atomic E-state index is 11.8. The quantitative estimate of drug-likeness (QED) is 0.766. The number of nitrogens with one attached hydrogen (secondary N) is 1. The molecule has 0 saturated heterocycles. The Balaban J connectivity index is 2.58. The predicted octanol–water partition coefficient (Wildman–Crippen LogP) is 1.86. The van der Waals surface area contributed by atoms with E-state index in [0.717, 1.165) is 24.2 Å². The van der Waals surface area contributed by atoms with Crippen molar-refractivity contribution in [2.24, 2.45) is 0 Å². The van der Waals surface area contributed by atoms with Crippen LogP contribution >= 0.6 is 0 Å². The van der Waals surface area contributed by atoms with Crippen LogP contribution in [-0.2, 0) is 4.79 Å². The van der Waals surface area contributed by atoms with Gasteiger partial charge in [-0.05, 0) is 44.6 Å². The van der Waals surface area contributed by atoms with Gasteiger partial charge in [0.05, 0.1) is 6.54 Å². The summed E-state index contributed by atoms with van der Waals surface area (Å²) < 4.78 is 0. The van der Waals surface area contributed by atoms with Crippen molar-refractivity contribution in [2.75, 3.05) is 31.2 Å². The highest BCUT2D eigenvalue weighted by Gasteiger charge is 2.07. The Bertz CT molecular complexity index is 390. The van der Waals surface area contributed by atoms with Crippen LogP contribution in [0.5, 0.6) is 0 Å². The molecule has 0 bridgehead atoms. The molecule has 4 nitrogen and oxygen atoms in total. The van der Waals surface area contributed by atoms with Crippen molar-refractivity contribution in [1.82, 2.24) is 4.90 Å². The summed E-state index contributed by atoms with van der Waals surface area (Å²) in [7, 11) is 1.94. The maximum Gasteiger partial charge on any atom is 0.238 e. The molecule has 1 amide bonds. The van der Waals surface area contributed by atoms with Crippen molar-refractivity contribution in [3.05, 3.63) is 23.8 Å². The molecule has 1 aromatic carbocycles. The molecule has 0 aromatic heterocycles. The Hall–Kier alpha value is -1.55. The SMILES string of the molecule is CCCN(C)CC(=O)Nc1cc(N)ccc1C. The fourth-order valence-corrected chi connectivity index (χ4v) is 1.67. The number of anilines is 2. The zero-order chi connectivity index (χ0) is 12.8. The standard InChI is InChI=1S/C13H21N3O/c1-4-7-16(3)9-13(17)15-12-8-11(14)6-5-10(12)2/h5-6,8H,4,7,9,14H2,1-3H3,(H,15,17). The Labute approximate surface area is 103 Å². The number of hydrogen-bond donors (Lipinski definition) is 2. The molecule has 0 aliphatic rings. The first-order valence-corrected chi connectivity index (χ1v) is 5.87. The van der Waals surface area contributed by atoms with E-state index in [9.17, 15) is 4.79 Å². The highest BCUT2D eigenvalue weighted by atomic mass is 16.2. The summed E-state index contributed by atoms with van der Waals surface area (Å²) in [4.78, 5) is 13.8. The van der Waals surface area contributed by atoms with Gasteiger partial charge in [0.2, 0.25) is 5.91 Å². The molecule has 0 aliphatic heterocycles. The van der Waals surface area contributed by atoms with Crippen LogP contribution in [0.1, 0.15) is 18.9 Å². The van der Waals surface area contributed by atoms with Crippen molar-refractivity contribution in [3.63, 3.8) is 0 Å². The summed E-state index contributed by atoms with van der Waals surface area (Å²) in [6.07, 6.45) is 1.04. The van der Waals surface area contributed by atoms with Crippen LogP contribution in [0.3, 0.4) is 0 Å². The third-order valence-electron chi connectivity index (χ3n) is 2.55. The van der Waals surface area contributed by atoms with E-state index in [2.05, 4.69) is 12.2 Å². The molecule has 0 aliphatic carbocycles. The highest BCUT2D eigenvalue weighted by molar-refractivity contribution is 5.93. The average molecular weight is 235 g/mol. The minimum Gasteiger partial charge on any atom is -0.399 e. The van der Waals surface area contributed by atoms with Crippen LogP contribution in [0.2, 0.25) is 0 Å². The zero-order valence-electron chi connectivity index (χ0n) is 10.8. The van der Waals surface area contributed by atoms with Crippen LogP contribution < -0.4 is 11.1 Å². The van der Waals surface area contributed by atoms with Crippen LogP contribution in [0.15, 0.2) is 18.2 Å². The summed E-state index contributed by atoms with van der Waals surface area (Å²) in [5, 5.41) is 2.88. The minimum absolute atomic E-state index is 0.00495. The lowest BCUT2D eigenvalue weighted by atomic mass is 10.2. The second kappa shape index (κ2) is 6.25. The second-order valence-electron chi connectivity index (χ2n) is 4.36. The summed E-state index contributed by atoms with van der Waals surface area (Å²) in [5.41, 5.74) is 8.16. The Morgan fingerprint density at radius 1 is 1.47 bits per heavy atom. The third-order valence-corrected chi connectivity index (χ3v) is 2.55. The molecule has 0 unspecified atom stereocenters. The first kappa shape index (κ1) is 13.5. The molecular formula is C13H21N3O. The van der Waals surface area contributed by atoms with Gasteiger partial charge in [-0.1, -0.05) is 13.0 Å². The zero-order valence-corrected chi connectivity index (χ0v) is 10.8. The van der Waals surface area contributed by atoms with E-state index in [0.29, 0.717) is 12.2 Å². The van der Waals surface area contributed by atoms with Crippen molar-refractivity contribution in [2.45, 2.75) is 20.3 Å². The molecule has 4 heteroatoms. The van der Waals surface area contributed by atoms with Crippen LogP contribution in [-0.4, -0.2) is 30.9 Å². The molecule has 3 N–H and O–H groups in total. The highest BCUT2D eigenvalue weighted by Crippen LogP contribution is 2.17. The molecule has 0 saturated carbocycles.